The number of hydrogen-bond acceptors (Lipinski definition) is 5. The highest BCUT2D eigenvalue weighted by atomic mass is 35.5. The van der Waals surface area contributed by atoms with Crippen molar-refractivity contribution in [3.05, 3.63) is 83.4 Å². The second kappa shape index (κ2) is 8.64. The first-order valence-electron chi connectivity index (χ1n) is 9.75. The summed E-state index contributed by atoms with van der Waals surface area (Å²) in [5, 5.41) is 2.77. The van der Waals surface area contributed by atoms with Crippen molar-refractivity contribution in [3.63, 3.8) is 0 Å². The summed E-state index contributed by atoms with van der Waals surface area (Å²) in [7, 11) is -3.75. The van der Waals surface area contributed by atoms with E-state index in [-0.39, 0.29) is 22.0 Å². The minimum absolute atomic E-state index is 0.0339. The number of carbonyl (C=O) groups is 2. The monoisotopic (exact) mass is 470 g/mol. The van der Waals surface area contributed by atoms with Crippen molar-refractivity contribution in [1.29, 1.82) is 0 Å². The van der Waals surface area contributed by atoms with E-state index in [1.165, 1.54) is 18.2 Å². The summed E-state index contributed by atoms with van der Waals surface area (Å²) < 4.78 is 31.0. The van der Waals surface area contributed by atoms with Crippen LogP contribution in [0.15, 0.2) is 72.8 Å². The van der Waals surface area contributed by atoms with Crippen LogP contribution >= 0.6 is 11.6 Å². The molecule has 2 amide bonds. The van der Waals surface area contributed by atoms with E-state index in [1.54, 1.807) is 31.2 Å². The van der Waals surface area contributed by atoms with E-state index in [2.05, 4.69) is 5.32 Å². The summed E-state index contributed by atoms with van der Waals surface area (Å²) in [4.78, 5) is 24.9. The third kappa shape index (κ3) is 4.46. The predicted molar refractivity (Wildman–Crippen MR) is 123 cm³/mol. The van der Waals surface area contributed by atoms with Crippen molar-refractivity contribution in [2.45, 2.75) is 6.92 Å². The van der Waals surface area contributed by atoms with Gasteiger partial charge in [-0.25, -0.2) is 12.7 Å². The van der Waals surface area contributed by atoms with Crippen LogP contribution in [0.1, 0.15) is 17.3 Å². The van der Waals surface area contributed by atoms with Crippen LogP contribution in [0.5, 0.6) is 11.5 Å². The van der Waals surface area contributed by atoms with Gasteiger partial charge in [-0.05, 0) is 54.6 Å². The molecule has 164 valence electrons. The first-order valence-corrected chi connectivity index (χ1v) is 11.7. The van der Waals surface area contributed by atoms with Crippen LogP contribution < -0.4 is 14.4 Å². The lowest BCUT2D eigenvalue weighted by molar-refractivity contribution is -0.119. The average Bonchev–Trinajstić information content (AvgIpc) is 2.96. The van der Waals surface area contributed by atoms with Gasteiger partial charge in [0.15, 0.2) is 0 Å². The minimum atomic E-state index is -3.75. The number of rotatable bonds is 5. The molecule has 0 bridgehead atoms. The largest absolute Gasteiger partial charge is 0.457 e. The molecule has 3 aromatic carbocycles. The number of sulfonamides is 1. The molecule has 0 saturated carbocycles. The Kier molecular flexibility index (Phi) is 5.90. The molecule has 1 fully saturated rings. The molecule has 9 heteroatoms. The highest BCUT2D eigenvalue weighted by Gasteiger charge is 2.42. The van der Waals surface area contributed by atoms with Gasteiger partial charge in [0.1, 0.15) is 11.5 Å². The zero-order valence-electron chi connectivity index (χ0n) is 17.0. The van der Waals surface area contributed by atoms with Crippen molar-refractivity contribution < 1.29 is 22.7 Å². The summed E-state index contributed by atoms with van der Waals surface area (Å²) >= 11 is 6.25. The quantitative estimate of drug-likeness (QED) is 0.583. The van der Waals surface area contributed by atoms with Crippen molar-refractivity contribution in [2.24, 2.45) is 5.92 Å². The number of carbonyl (C=O) groups excluding carboxylic acids is 2. The number of halogens is 1. The molecule has 0 radical (unpaired) electrons. The molecular formula is C23H19ClN2O5S. The van der Waals surface area contributed by atoms with Gasteiger partial charge >= 0.3 is 0 Å². The lowest BCUT2D eigenvalue weighted by Crippen LogP contribution is -2.30. The zero-order chi connectivity index (χ0) is 22.9. The lowest BCUT2D eigenvalue weighted by atomic mass is 10.1. The van der Waals surface area contributed by atoms with E-state index in [1.807, 2.05) is 30.3 Å². The van der Waals surface area contributed by atoms with Crippen LogP contribution in [-0.2, 0) is 14.8 Å². The number of benzene rings is 3. The van der Waals surface area contributed by atoms with Crippen LogP contribution in [0, 0.1) is 5.92 Å². The number of ether oxygens (including phenoxy) is 1. The third-order valence-electron chi connectivity index (χ3n) is 4.88. The van der Waals surface area contributed by atoms with Crippen LogP contribution in [0.4, 0.5) is 11.4 Å². The Bertz CT molecular complexity index is 1280. The Balaban J connectivity index is 1.47. The topological polar surface area (TPSA) is 92.8 Å². The van der Waals surface area contributed by atoms with Crippen LogP contribution in [0.25, 0.3) is 0 Å². The number of anilines is 2. The van der Waals surface area contributed by atoms with Gasteiger partial charge in [-0.1, -0.05) is 36.7 Å². The maximum Gasteiger partial charge on any atom is 0.257 e. The summed E-state index contributed by atoms with van der Waals surface area (Å²) in [6.45, 7) is 1.56. The van der Waals surface area contributed by atoms with Gasteiger partial charge in [0, 0.05) is 5.69 Å². The second-order valence-corrected chi connectivity index (χ2v) is 9.61. The van der Waals surface area contributed by atoms with Gasteiger partial charge < -0.3 is 10.1 Å². The fraction of sp³-hybridized carbons (Fsp3) is 0.130. The molecule has 7 nitrogen and oxygen atoms in total. The molecule has 0 aromatic heterocycles. The van der Waals surface area contributed by atoms with Crippen molar-refractivity contribution in [1.82, 2.24) is 0 Å². The summed E-state index contributed by atoms with van der Waals surface area (Å²) in [6.07, 6.45) is 0. The Hall–Kier alpha value is -3.36. The van der Waals surface area contributed by atoms with E-state index in [0.29, 0.717) is 17.2 Å². The maximum absolute atomic E-state index is 12.7. The fourth-order valence-electron chi connectivity index (χ4n) is 3.33. The zero-order valence-corrected chi connectivity index (χ0v) is 18.6. The number of para-hydroxylation sites is 1. The molecule has 1 aliphatic rings. The van der Waals surface area contributed by atoms with Gasteiger partial charge in [0.05, 0.1) is 27.9 Å². The second-order valence-electron chi connectivity index (χ2n) is 7.34. The smallest absolute Gasteiger partial charge is 0.257 e. The van der Waals surface area contributed by atoms with Crippen molar-refractivity contribution >= 4 is 44.8 Å². The SMILES string of the molecule is C[C@H]1CS(=O)(=O)N(c2ccc(C(=O)Nc3ccc(Oc4ccccc4)cc3)c(Cl)c2)C1=O. The summed E-state index contributed by atoms with van der Waals surface area (Å²) in [6, 6.07) is 20.2. The van der Waals surface area contributed by atoms with Gasteiger partial charge in [-0.2, -0.15) is 0 Å². The number of nitrogens with one attached hydrogen (secondary N) is 1. The third-order valence-corrected chi connectivity index (χ3v) is 7.06. The molecule has 1 saturated heterocycles. The van der Waals surface area contributed by atoms with Crippen LogP contribution in [-0.4, -0.2) is 26.0 Å². The fourth-order valence-corrected chi connectivity index (χ4v) is 5.40. The first kappa shape index (κ1) is 21.9. The molecule has 0 spiro atoms. The average molecular weight is 471 g/mol. The number of hydrogen-bond donors (Lipinski definition) is 1. The highest BCUT2D eigenvalue weighted by Crippen LogP contribution is 2.32. The Morgan fingerprint density at radius 2 is 1.69 bits per heavy atom. The minimum Gasteiger partial charge on any atom is -0.457 e. The van der Waals surface area contributed by atoms with E-state index in [9.17, 15) is 18.0 Å². The lowest BCUT2D eigenvalue weighted by Gasteiger charge is -2.16. The molecule has 1 heterocycles. The number of amides is 2. The van der Waals surface area contributed by atoms with Gasteiger partial charge in [-0.15, -0.1) is 0 Å². The predicted octanol–water partition coefficient (Wildman–Crippen LogP) is 4.70. The van der Waals surface area contributed by atoms with Crippen LogP contribution in [0.3, 0.4) is 0 Å². The number of nitrogens with zero attached hydrogens (tertiary/aromatic N) is 1. The highest BCUT2D eigenvalue weighted by molar-refractivity contribution is 7.94. The molecular weight excluding hydrogens is 452 g/mol. The Morgan fingerprint density at radius 3 is 2.28 bits per heavy atom. The molecule has 1 atom stereocenters. The molecule has 32 heavy (non-hydrogen) atoms. The standard InChI is InChI=1S/C23H19ClN2O5S/c1-15-14-32(29,30)26(23(15)28)17-9-12-20(21(24)13-17)22(27)25-16-7-10-19(11-8-16)31-18-5-3-2-4-6-18/h2-13,15H,14H2,1H3,(H,25,27)/t15-/m0/s1. The van der Waals surface area contributed by atoms with Crippen molar-refractivity contribution in [3.8, 4) is 11.5 Å². The van der Waals surface area contributed by atoms with E-state index in [0.717, 1.165) is 4.31 Å². The molecule has 3 aromatic rings. The van der Waals surface area contributed by atoms with E-state index in [4.69, 9.17) is 16.3 Å². The summed E-state index contributed by atoms with van der Waals surface area (Å²) in [5.41, 5.74) is 0.794. The Labute approximate surface area is 190 Å². The van der Waals surface area contributed by atoms with E-state index < -0.39 is 27.8 Å². The van der Waals surface area contributed by atoms with Crippen molar-refractivity contribution in [2.75, 3.05) is 15.4 Å². The molecule has 0 unspecified atom stereocenters. The molecule has 1 N–H and O–H groups in total. The molecule has 1 aliphatic heterocycles. The normalized spacial score (nSPS) is 17.2. The Morgan fingerprint density at radius 1 is 1.03 bits per heavy atom. The molecule has 0 aliphatic carbocycles. The van der Waals surface area contributed by atoms with Gasteiger partial charge in [0.25, 0.3) is 5.91 Å². The molecule has 4 rings (SSSR count). The van der Waals surface area contributed by atoms with Gasteiger partial charge in [-0.3, -0.25) is 9.59 Å². The van der Waals surface area contributed by atoms with Gasteiger partial charge in [0.2, 0.25) is 15.9 Å². The van der Waals surface area contributed by atoms with Crippen LogP contribution in [0.2, 0.25) is 5.02 Å². The maximum atomic E-state index is 12.7. The van der Waals surface area contributed by atoms with E-state index >= 15 is 0 Å². The first-order chi connectivity index (χ1) is 15.2. The summed E-state index contributed by atoms with van der Waals surface area (Å²) in [5.74, 6) is -0.560.